The largest absolute Gasteiger partial charge is 0.484 e. The first-order chi connectivity index (χ1) is 24.8. The van der Waals surface area contributed by atoms with Crippen LogP contribution in [0.15, 0.2) is 140 Å². The molecule has 0 N–H and O–H groups in total. The Hall–Kier alpha value is -5.70. The Morgan fingerprint density at radius 1 is 0.500 bits per heavy atom. The van der Waals surface area contributed by atoms with Crippen LogP contribution in [0.1, 0.15) is 41.0 Å². The summed E-state index contributed by atoms with van der Waals surface area (Å²) in [6.45, 7) is 0. The van der Waals surface area contributed by atoms with Crippen molar-refractivity contribution >= 4 is 66.1 Å². The van der Waals surface area contributed by atoms with Gasteiger partial charge in [0.05, 0.1) is 5.92 Å². The topological polar surface area (TPSA) is 9.23 Å². The van der Waals surface area contributed by atoms with Crippen molar-refractivity contribution in [3.05, 3.63) is 172 Å². The van der Waals surface area contributed by atoms with Crippen LogP contribution < -0.4 is 15.2 Å². The van der Waals surface area contributed by atoms with E-state index in [1.54, 1.807) is 0 Å². The molecule has 11 rings (SSSR count). The van der Waals surface area contributed by atoms with Crippen LogP contribution in [0.25, 0.3) is 77.0 Å². The Balaban J connectivity index is 1.11. The average molecular weight is 657 g/mol. The Labute approximate surface area is 294 Å². The van der Waals surface area contributed by atoms with E-state index in [0.29, 0.717) is 0 Å². The van der Waals surface area contributed by atoms with Crippen LogP contribution in [0.2, 0.25) is 0 Å². The van der Waals surface area contributed by atoms with E-state index >= 15 is 0 Å². The minimum atomic E-state index is -0.0701. The number of thiophene rings is 1. The van der Waals surface area contributed by atoms with Gasteiger partial charge in [-0.15, -0.1) is 11.3 Å². The molecule has 7 aromatic carbocycles. The van der Waals surface area contributed by atoms with Gasteiger partial charge in [-0.1, -0.05) is 140 Å². The Morgan fingerprint density at radius 3 is 1.88 bits per heavy atom. The molecule has 1 aromatic heterocycles. The van der Waals surface area contributed by atoms with E-state index in [2.05, 4.69) is 158 Å². The van der Waals surface area contributed by atoms with Gasteiger partial charge >= 0.3 is 0 Å². The van der Waals surface area contributed by atoms with Gasteiger partial charge < -0.3 is 4.74 Å². The van der Waals surface area contributed by atoms with E-state index in [-0.39, 0.29) is 12.0 Å². The first-order valence-electron chi connectivity index (χ1n) is 17.6. The molecule has 1 nitrogen and oxygen atoms in total. The third kappa shape index (κ3) is 4.06. The molecule has 50 heavy (non-hydrogen) atoms. The van der Waals surface area contributed by atoms with Crippen LogP contribution in [0.5, 0.6) is 5.75 Å². The number of para-hydroxylation sites is 1. The van der Waals surface area contributed by atoms with Gasteiger partial charge in [0.2, 0.25) is 0 Å². The maximum absolute atomic E-state index is 6.83. The number of hydrogen-bond acceptors (Lipinski definition) is 2. The lowest BCUT2D eigenvalue weighted by atomic mass is 9.76. The summed E-state index contributed by atoms with van der Waals surface area (Å²) < 4.78 is 9.54. The second-order valence-electron chi connectivity index (χ2n) is 13.7. The van der Waals surface area contributed by atoms with Gasteiger partial charge in [0, 0.05) is 31.3 Å². The van der Waals surface area contributed by atoms with E-state index < -0.39 is 0 Å². The highest BCUT2D eigenvalue weighted by molar-refractivity contribution is 7.26. The van der Waals surface area contributed by atoms with Crippen LogP contribution >= 0.6 is 11.3 Å². The molecule has 1 aliphatic heterocycles. The maximum atomic E-state index is 6.83. The smallest absolute Gasteiger partial charge is 0.135 e. The van der Waals surface area contributed by atoms with Crippen molar-refractivity contribution in [1.29, 1.82) is 0 Å². The lowest BCUT2D eigenvalue weighted by Crippen LogP contribution is -2.31. The molecule has 2 heterocycles. The van der Waals surface area contributed by atoms with E-state index in [4.69, 9.17) is 4.74 Å². The summed E-state index contributed by atoms with van der Waals surface area (Å²) in [5, 5.41) is 8.00. The molecule has 2 unspecified atom stereocenters. The van der Waals surface area contributed by atoms with E-state index in [1.807, 2.05) is 11.3 Å². The van der Waals surface area contributed by atoms with Crippen molar-refractivity contribution in [3.8, 4) is 28.0 Å². The number of ether oxygens (including phenoxy) is 1. The molecule has 2 heteroatoms. The highest BCUT2D eigenvalue weighted by Gasteiger charge is 2.42. The van der Waals surface area contributed by atoms with E-state index in [0.717, 1.165) is 18.6 Å². The van der Waals surface area contributed by atoms with Gasteiger partial charge in [-0.3, -0.25) is 0 Å². The van der Waals surface area contributed by atoms with E-state index in [1.165, 1.54) is 91.5 Å². The zero-order chi connectivity index (χ0) is 32.8. The van der Waals surface area contributed by atoms with Crippen LogP contribution in [0.3, 0.4) is 0 Å². The summed E-state index contributed by atoms with van der Waals surface area (Å²) in [7, 11) is 0. The van der Waals surface area contributed by atoms with Crippen LogP contribution in [-0.4, -0.2) is 6.10 Å². The Morgan fingerprint density at radius 2 is 1.12 bits per heavy atom. The van der Waals surface area contributed by atoms with Crippen molar-refractivity contribution in [2.45, 2.75) is 24.9 Å². The lowest BCUT2D eigenvalue weighted by Gasteiger charge is -2.29. The molecule has 0 amide bonds. The number of hydrogen-bond donors (Lipinski definition) is 0. The van der Waals surface area contributed by atoms with Crippen molar-refractivity contribution < 1.29 is 4.74 Å². The summed E-state index contributed by atoms with van der Waals surface area (Å²) in [6, 6.07) is 51.3. The molecule has 0 saturated heterocycles. The van der Waals surface area contributed by atoms with Gasteiger partial charge in [0.1, 0.15) is 11.9 Å². The Bertz CT molecular complexity index is 2840. The molecule has 236 valence electrons. The standard InChI is InChI=1S/C48H32OS/c1-2-12-30(13-3-1)44-33-15-4-6-17-35(33)45(36-18-7-5-16-34(36)44)31-24-22-29(23-25-31)40-28-41-37(46-39-19-8-10-20-42(39)49-47(40)46)26-27-38-32-14-9-11-21-43(32)50-48(38)41/h1-4,6,8-28,46-47H,5,7H2. The predicted octanol–water partition coefficient (Wildman–Crippen LogP) is 11.3. The van der Waals surface area contributed by atoms with Gasteiger partial charge in [0.15, 0.2) is 0 Å². The summed E-state index contributed by atoms with van der Waals surface area (Å²) >= 11 is 1.91. The highest BCUT2D eigenvalue weighted by atomic mass is 32.1. The quantitative estimate of drug-likeness (QED) is 0.184. The summed E-state index contributed by atoms with van der Waals surface area (Å²) in [5.41, 5.74) is 11.7. The summed E-state index contributed by atoms with van der Waals surface area (Å²) in [4.78, 5) is 0. The maximum Gasteiger partial charge on any atom is 0.135 e. The lowest BCUT2D eigenvalue weighted by molar-refractivity contribution is 0.276. The SMILES string of the molecule is C1=C(c2ccc(-c3c4c(c(-c5ccccc5)c5ccccc35)=CCCC=4)cc2)C2Oc3ccccc3C2c2ccc3c(sc4ccccc43)c21. The van der Waals surface area contributed by atoms with Gasteiger partial charge in [-0.2, -0.15) is 0 Å². The normalized spacial score (nSPS) is 17.2. The summed E-state index contributed by atoms with van der Waals surface area (Å²) in [5.74, 6) is 1.15. The third-order valence-electron chi connectivity index (χ3n) is 11.1. The minimum Gasteiger partial charge on any atom is -0.484 e. The fraction of sp³-hybridized carbons (Fsp3) is 0.0833. The molecule has 0 spiro atoms. The van der Waals surface area contributed by atoms with Gasteiger partial charge in [-0.05, 0) is 91.2 Å². The molecular formula is C48H32OS. The van der Waals surface area contributed by atoms with Crippen LogP contribution in [0, 0.1) is 0 Å². The van der Waals surface area contributed by atoms with Crippen molar-refractivity contribution in [2.75, 3.05) is 0 Å². The molecule has 3 aliphatic rings. The first kappa shape index (κ1) is 28.2. The Kier molecular flexibility index (Phi) is 6.14. The van der Waals surface area contributed by atoms with Crippen molar-refractivity contribution in [2.24, 2.45) is 0 Å². The third-order valence-corrected chi connectivity index (χ3v) is 12.3. The fourth-order valence-electron chi connectivity index (χ4n) is 8.93. The fourth-order valence-corrected chi connectivity index (χ4v) is 10.2. The van der Waals surface area contributed by atoms with Crippen LogP contribution in [-0.2, 0) is 0 Å². The second kappa shape index (κ2) is 10.9. The molecule has 0 fully saturated rings. The molecular weight excluding hydrogens is 625 g/mol. The number of fused-ring (bicyclic) bond motifs is 11. The molecule has 0 saturated carbocycles. The predicted molar refractivity (Wildman–Crippen MR) is 212 cm³/mol. The zero-order valence-electron chi connectivity index (χ0n) is 27.4. The molecule has 0 radical (unpaired) electrons. The first-order valence-corrected chi connectivity index (χ1v) is 18.5. The molecule has 2 atom stereocenters. The average Bonchev–Trinajstić information content (AvgIpc) is 3.76. The molecule has 0 bridgehead atoms. The van der Waals surface area contributed by atoms with Crippen molar-refractivity contribution in [3.63, 3.8) is 0 Å². The summed E-state index contributed by atoms with van der Waals surface area (Å²) in [6.07, 6.45) is 9.41. The molecule has 8 aromatic rings. The van der Waals surface area contributed by atoms with E-state index in [9.17, 15) is 0 Å². The second-order valence-corrected chi connectivity index (χ2v) is 14.8. The van der Waals surface area contributed by atoms with Crippen LogP contribution in [0.4, 0.5) is 0 Å². The van der Waals surface area contributed by atoms with Gasteiger partial charge in [0.25, 0.3) is 0 Å². The highest BCUT2D eigenvalue weighted by Crippen LogP contribution is 2.53. The van der Waals surface area contributed by atoms with Gasteiger partial charge in [-0.25, -0.2) is 0 Å². The monoisotopic (exact) mass is 656 g/mol. The minimum absolute atomic E-state index is 0.0701. The number of rotatable bonds is 3. The van der Waals surface area contributed by atoms with Crippen molar-refractivity contribution in [1.82, 2.24) is 0 Å². The number of benzene rings is 7. The zero-order valence-corrected chi connectivity index (χ0v) is 28.2. The molecule has 2 aliphatic carbocycles.